The normalized spacial score (nSPS) is 10.3. The molecule has 0 aliphatic rings. The van der Waals surface area contributed by atoms with E-state index in [1.54, 1.807) is 0 Å². The monoisotopic (exact) mass is 343 g/mol. The fraction of sp³-hybridized carbons (Fsp3) is 0.182. The van der Waals surface area contributed by atoms with Crippen molar-refractivity contribution in [3.8, 4) is 23.1 Å². The van der Waals surface area contributed by atoms with Crippen LogP contribution >= 0.6 is 0 Å². The molecule has 26 heavy (non-hydrogen) atoms. The zero-order chi connectivity index (χ0) is 18.7. The van der Waals surface area contributed by atoms with Gasteiger partial charge in [-0.25, -0.2) is 9.97 Å². The van der Waals surface area contributed by atoms with Crippen molar-refractivity contribution < 1.29 is 5.11 Å². The number of rotatable bonds is 2. The smallest absolute Gasteiger partial charge is 0.220 e. The van der Waals surface area contributed by atoms with Crippen molar-refractivity contribution in [2.45, 2.75) is 27.4 Å². The summed E-state index contributed by atoms with van der Waals surface area (Å²) in [5.74, 6) is 6.61. The SMILES string of the molecule is Cc1cc(C)cc(-c2nc(N)nc(C)c2C#Cc2ccc(CO)cc2)c1. The summed E-state index contributed by atoms with van der Waals surface area (Å²) < 4.78 is 0. The molecule has 3 aromatic rings. The van der Waals surface area contributed by atoms with Gasteiger partial charge in [0, 0.05) is 11.1 Å². The van der Waals surface area contributed by atoms with Crippen molar-refractivity contribution in [2.75, 3.05) is 5.73 Å². The van der Waals surface area contributed by atoms with Crippen LogP contribution in [0.5, 0.6) is 0 Å². The fourth-order valence-corrected chi connectivity index (χ4v) is 2.89. The van der Waals surface area contributed by atoms with Crippen LogP contribution in [0, 0.1) is 32.6 Å². The topological polar surface area (TPSA) is 72.0 Å². The van der Waals surface area contributed by atoms with Crippen molar-refractivity contribution in [2.24, 2.45) is 0 Å². The molecular formula is C22H21N3O. The molecule has 0 spiro atoms. The molecule has 0 saturated carbocycles. The van der Waals surface area contributed by atoms with Gasteiger partial charge in [0.2, 0.25) is 5.95 Å². The highest BCUT2D eigenvalue weighted by molar-refractivity contribution is 5.71. The minimum Gasteiger partial charge on any atom is -0.392 e. The maximum Gasteiger partial charge on any atom is 0.220 e. The second kappa shape index (κ2) is 7.38. The van der Waals surface area contributed by atoms with Crippen LogP contribution in [-0.2, 0) is 6.61 Å². The molecular weight excluding hydrogens is 322 g/mol. The Kier molecular flexibility index (Phi) is 5.01. The first-order valence-electron chi connectivity index (χ1n) is 8.41. The molecule has 0 amide bonds. The van der Waals surface area contributed by atoms with Crippen LogP contribution in [0.4, 0.5) is 5.95 Å². The first kappa shape index (κ1) is 17.7. The van der Waals surface area contributed by atoms with E-state index in [0.29, 0.717) is 0 Å². The quantitative estimate of drug-likeness (QED) is 0.698. The summed E-state index contributed by atoms with van der Waals surface area (Å²) in [4.78, 5) is 8.73. The van der Waals surface area contributed by atoms with E-state index in [1.165, 1.54) is 0 Å². The van der Waals surface area contributed by atoms with Crippen molar-refractivity contribution in [1.82, 2.24) is 9.97 Å². The molecule has 4 heteroatoms. The molecule has 3 rings (SSSR count). The van der Waals surface area contributed by atoms with Gasteiger partial charge in [-0.3, -0.25) is 0 Å². The molecule has 1 heterocycles. The molecule has 2 aromatic carbocycles. The van der Waals surface area contributed by atoms with E-state index >= 15 is 0 Å². The predicted molar refractivity (Wildman–Crippen MR) is 104 cm³/mol. The Bertz CT molecular complexity index is 992. The summed E-state index contributed by atoms with van der Waals surface area (Å²) in [6.45, 7) is 6.03. The molecule has 0 aliphatic heterocycles. The molecule has 130 valence electrons. The number of hydrogen-bond acceptors (Lipinski definition) is 4. The summed E-state index contributed by atoms with van der Waals surface area (Å²) in [5, 5.41) is 9.14. The van der Waals surface area contributed by atoms with Crippen molar-refractivity contribution in [3.63, 3.8) is 0 Å². The van der Waals surface area contributed by atoms with Gasteiger partial charge in [0.25, 0.3) is 0 Å². The molecule has 0 atom stereocenters. The Hall–Kier alpha value is -3.16. The maximum absolute atomic E-state index is 9.14. The second-order valence-electron chi connectivity index (χ2n) is 6.37. The third-order valence-electron chi connectivity index (χ3n) is 4.07. The Morgan fingerprint density at radius 2 is 1.58 bits per heavy atom. The largest absolute Gasteiger partial charge is 0.392 e. The van der Waals surface area contributed by atoms with E-state index < -0.39 is 0 Å². The number of aromatic nitrogens is 2. The van der Waals surface area contributed by atoms with Crippen LogP contribution in [-0.4, -0.2) is 15.1 Å². The maximum atomic E-state index is 9.14. The van der Waals surface area contributed by atoms with E-state index in [1.807, 2.05) is 31.2 Å². The van der Waals surface area contributed by atoms with Crippen LogP contribution < -0.4 is 5.73 Å². The van der Waals surface area contributed by atoms with Gasteiger partial charge in [0.15, 0.2) is 0 Å². The Morgan fingerprint density at radius 3 is 2.19 bits per heavy atom. The highest BCUT2D eigenvalue weighted by Crippen LogP contribution is 2.26. The lowest BCUT2D eigenvalue weighted by atomic mass is 10.0. The number of nitrogen functional groups attached to an aromatic ring is 1. The van der Waals surface area contributed by atoms with Gasteiger partial charge >= 0.3 is 0 Å². The summed E-state index contributed by atoms with van der Waals surface area (Å²) in [7, 11) is 0. The average Bonchev–Trinajstić information content (AvgIpc) is 2.60. The number of benzene rings is 2. The number of nitrogens with zero attached hydrogens (tertiary/aromatic N) is 2. The molecule has 0 bridgehead atoms. The van der Waals surface area contributed by atoms with Crippen molar-refractivity contribution >= 4 is 5.95 Å². The van der Waals surface area contributed by atoms with Gasteiger partial charge in [-0.15, -0.1) is 0 Å². The zero-order valence-corrected chi connectivity index (χ0v) is 15.2. The Balaban J connectivity index is 2.11. The molecule has 1 aromatic heterocycles. The predicted octanol–water partition coefficient (Wildman–Crippen LogP) is 3.54. The highest BCUT2D eigenvalue weighted by Gasteiger charge is 2.12. The number of nitrogens with two attached hydrogens (primary N) is 1. The van der Waals surface area contributed by atoms with Crippen LogP contribution in [0.15, 0.2) is 42.5 Å². The van der Waals surface area contributed by atoms with Crippen molar-refractivity contribution in [1.29, 1.82) is 0 Å². The lowest BCUT2D eigenvalue weighted by Gasteiger charge is -2.09. The van der Waals surface area contributed by atoms with Gasteiger partial charge in [-0.05, 0) is 50.6 Å². The third kappa shape index (κ3) is 3.90. The minimum absolute atomic E-state index is 0.0233. The summed E-state index contributed by atoms with van der Waals surface area (Å²) in [6.07, 6.45) is 0. The zero-order valence-electron chi connectivity index (χ0n) is 15.2. The van der Waals surface area contributed by atoms with Crippen molar-refractivity contribution in [3.05, 3.63) is 76.0 Å². The third-order valence-corrected chi connectivity index (χ3v) is 4.07. The standard InChI is InChI=1S/C22H21N3O/c1-14-10-15(2)12-19(11-14)21-20(16(3)24-22(23)25-21)9-8-17-4-6-18(13-26)7-5-17/h4-7,10-12,26H,13H2,1-3H3,(H2,23,24,25). The summed E-state index contributed by atoms with van der Waals surface area (Å²) in [5.41, 5.74) is 13.2. The number of anilines is 1. The molecule has 0 fully saturated rings. The number of aryl methyl sites for hydroxylation is 3. The Labute approximate surface area is 153 Å². The lowest BCUT2D eigenvalue weighted by Crippen LogP contribution is -2.03. The minimum atomic E-state index is 0.0233. The van der Waals surface area contributed by atoms with Gasteiger partial charge in [-0.2, -0.15) is 0 Å². The van der Waals surface area contributed by atoms with E-state index in [9.17, 15) is 0 Å². The van der Waals surface area contributed by atoms with E-state index in [-0.39, 0.29) is 12.6 Å². The summed E-state index contributed by atoms with van der Waals surface area (Å²) in [6, 6.07) is 13.8. The van der Waals surface area contributed by atoms with E-state index in [2.05, 4.69) is 53.9 Å². The first-order valence-corrected chi connectivity index (χ1v) is 8.41. The van der Waals surface area contributed by atoms with Crippen LogP contribution in [0.1, 0.15) is 33.5 Å². The number of aliphatic hydroxyl groups is 1. The summed E-state index contributed by atoms with van der Waals surface area (Å²) >= 11 is 0. The average molecular weight is 343 g/mol. The van der Waals surface area contributed by atoms with Gasteiger partial charge in [-0.1, -0.05) is 41.2 Å². The molecule has 0 radical (unpaired) electrons. The molecule has 0 unspecified atom stereocenters. The van der Waals surface area contributed by atoms with Gasteiger partial charge in [0.1, 0.15) is 0 Å². The van der Waals surface area contributed by atoms with Crippen LogP contribution in [0.3, 0.4) is 0 Å². The number of aliphatic hydroxyl groups excluding tert-OH is 1. The fourth-order valence-electron chi connectivity index (χ4n) is 2.89. The second-order valence-corrected chi connectivity index (χ2v) is 6.37. The van der Waals surface area contributed by atoms with E-state index in [4.69, 9.17) is 10.8 Å². The van der Waals surface area contributed by atoms with Crippen LogP contribution in [0.2, 0.25) is 0 Å². The first-order chi connectivity index (χ1) is 12.5. The molecule has 3 N–H and O–H groups in total. The highest BCUT2D eigenvalue weighted by atomic mass is 16.3. The van der Waals surface area contributed by atoms with E-state index in [0.717, 1.165) is 44.8 Å². The van der Waals surface area contributed by atoms with Gasteiger partial charge in [0.05, 0.1) is 23.6 Å². The lowest BCUT2D eigenvalue weighted by molar-refractivity contribution is 0.282. The number of hydrogen-bond donors (Lipinski definition) is 2. The van der Waals surface area contributed by atoms with Crippen LogP contribution in [0.25, 0.3) is 11.3 Å². The Morgan fingerprint density at radius 1 is 0.923 bits per heavy atom. The van der Waals surface area contributed by atoms with Gasteiger partial charge < -0.3 is 10.8 Å². The molecule has 0 saturated heterocycles. The molecule has 4 nitrogen and oxygen atoms in total. The molecule has 0 aliphatic carbocycles.